The number of para-hydroxylation sites is 1. The van der Waals surface area contributed by atoms with Gasteiger partial charge in [-0.05, 0) is 30.4 Å². The fourth-order valence-electron chi connectivity index (χ4n) is 3.86. The van der Waals surface area contributed by atoms with Crippen molar-refractivity contribution in [1.82, 2.24) is 9.80 Å². The Morgan fingerprint density at radius 2 is 1.88 bits per heavy atom. The van der Waals surface area contributed by atoms with Gasteiger partial charge in [-0.25, -0.2) is 0 Å². The Kier molecular flexibility index (Phi) is 7.32. The molecule has 0 saturated carbocycles. The zero-order valence-corrected chi connectivity index (χ0v) is 16.3. The van der Waals surface area contributed by atoms with E-state index in [9.17, 15) is 5.11 Å². The summed E-state index contributed by atoms with van der Waals surface area (Å²) >= 11 is 0. The van der Waals surface area contributed by atoms with Crippen LogP contribution in [0.3, 0.4) is 0 Å². The van der Waals surface area contributed by atoms with Crippen molar-refractivity contribution < 1.29 is 14.6 Å². The Labute approximate surface area is 157 Å². The van der Waals surface area contributed by atoms with Gasteiger partial charge >= 0.3 is 0 Å². The third-order valence-corrected chi connectivity index (χ3v) is 5.39. The molecule has 5 nitrogen and oxygen atoms in total. The number of aliphatic hydroxyl groups excluding tert-OH is 1. The summed E-state index contributed by atoms with van der Waals surface area (Å²) in [6.45, 7) is 11.5. The lowest BCUT2D eigenvalue weighted by atomic mass is 10.0. The highest BCUT2D eigenvalue weighted by atomic mass is 16.5. The molecular formula is C21H34N2O3. The Balaban J connectivity index is 1.37. The van der Waals surface area contributed by atoms with Crippen LogP contribution in [0.1, 0.15) is 38.2 Å². The lowest BCUT2D eigenvalue weighted by molar-refractivity contribution is 0.0262. The van der Waals surface area contributed by atoms with Gasteiger partial charge in [-0.2, -0.15) is 0 Å². The summed E-state index contributed by atoms with van der Waals surface area (Å²) in [5.41, 5.74) is 1.20. The first-order chi connectivity index (χ1) is 12.6. The van der Waals surface area contributed by atoms with Gasteiger partial charge in [-0.1, -0.05) is 32.0 Å². The molecule has 5 heteroatoms. The van der Waals surface area contributed by atoms with Gasteiger partial charge in [0.1, 0.15) is 18.5 Å². The summed E-state index contributed by atoms with van der Waals surface area (Å²) in [6, 6.07) is 8.11. The molecule has 1 aromatic rings. The van der Waals surface area contributed by atoms with Crippen molar-refractivity contribution >= 4 is 0 Å². The van der Waals surface area contributed by atoms with Gasteiger partial charge in [0.25, 0.3) is 0 Å². The molecule has 0 aliphatic carbocycles. The van der Waals surface area contributed by atoms with Crippen LogP contribution in [0.25, 0.3) is 0 Å². The number of aliphatic hydroxyl groups is 1. The monoisotopic (exact) mass is 362 g/mol. The lowest BCUT2D eigenvalue weighted by Gasteiger charge is -2.36. The normalized spacial score (nSPS) is 23.5. The van der Waals surface area contributed by atoms with Crippen LogP contribution in [0.5, 0.6) is 5.75 Å². The van der Waals surface area contributed by atoms with Gasteiger partial charge in [0, 0.05) is 45.9 Å². The minimum absolute atomic E-state index is 0.347. The second-order valence-electron chi connectivity index (χ2n) is 7.89. The van der Waals surface area contributed by atoms with E-state index in [0.29, 0.717) is 25.2 Å². The predicted molar refractivity (Wildman–Crippen MR) is 104 cm³/mol. The van der Waals surface area contributed by atoms with Crippen molar-refractivity contribution in [3.63, 3.8) is 0 Å². The van der Waals surface area contributed by atoms with Crippen molar-refractivity contribution in [2.45, 2.75) is 44.8 Å². The molecular weight excluding hydrogens is 328 g/mol. The Morgan fingerprint density at radius 3 is 2.58 bits per heavy atom. The predicted octanol–water partition coefficient (Wildman–Crippen LogP) is 2.35. The van der Waals surface area contributed by atoms with Crippen LogP contribution in [0.4, 0.5) is 0 Å². The van der Waals surface area contributed by atoms with E-state index in [0.717, 1.165) is 45.1 Å². The van der Waals surface area contributed by atoms with E-state index < -0.39 is 6.10 Å². The second-order valence-corrected chi connectivity index (χ2v) is 7.89. The number of hydrogen-bond acceptors (Lipinski definition) is 5. The van der Waals surface area contributed by atoms with Gasteiger partial charge in [-0.15, -0.1) is 0 Å². The highest BCUT2D eigenvalue weighted by molar-refractivity contribution is 5.35. The Bertz CT molecular complexity index is 538. The minimum Gasteiger partial charge on any atom is -0.491 e. The SMILES string of the molecule is CC(C)c1ccccc1OCC(O)CN1CCN(CC2CCCO2)CC1. The van der Waals surface area contributed by atoms with E-state index in [1.54, 1.807) is 0 Å². The first kappa shape index (κ1) is 19.6. The van der Waals surface area contributed by atoms with E-state index >= 15 is 0 Å². The van der Waals surface area contributed by atoms with E-state index in [4.69, 9.17) is 9.47 Å². The first-order valence-electron chi connectivity index (χ1n) is 10.1. The molecule has 0 bridgehead atoms. The molecule has 2 unspecified atom stereocenters. The van der Waals surface area contributed by atoms with Crippen LogP contribution in [-0.4, -0.2) is 79.6 Å². The van der Waals surface area contributed by atoms with Gasteiger partial charge in [0.15, 0.2) is 0 Å². The summed E-state index contributed by atoms with van der Waals surface area (Å²) in [5.74, 6) is 1.31. The van der Waals surface area contributed by atoms with Gasteiger partial charge in [-0.3, -0.25) is 9.80 Å². The maximum atomic E-state index is 10.4. The highest BCUT2D eigenvalue weighted by Crippen LogP contribution is 2.26. The summed E-state index contributed by atoms with van der Waals surface area (Å²) in [4.78, 5) is 4.84. The summed E-state index contributed by atoms with van der Waals surface area (Å²) in [5, 5.41) is 10.4. The molecule has 0 amide bonds. The molecule has 2 aliphatic heterocycles. The van der Waals surface area contributed by atoms with Crippen molar-refractivity contribution in [2.24, 2.45) is 0 Å². The van der Waals surface area contributed by atoms with Crippen molar-refractivity contribution in [2.75, 3.05) is 52.5 Å². The summed E-state index contributed by atoms with van der Waals surface area (Å²) in [6.07, 6.45) is 2.38. The quantitative estimate of drug-likeness (QED) is 0.769. The molecule has 3 rings (SSSR count). The molecule has 1 N–H and O–H groups in total. The summed E-state index contributed by atoms with van der Waals surface area (Å²) in [7, 11) is 0. The molecule has 1 aromatic carbocycles. The van der Waals surface area contributed by atoms with E-state index in [1.807, 2.05) is 18.2 Å². The van der Waals surface area contributed by atoms with Crippen molar-refractivity contribution in [1.29, 1.82) is 0 Å². The molecule has 2 saturated heterocycles. The minimum atomic E-state index is -0.458. The first-order valence-corrected chi connectivity index (χ1v) is 10.1. The fraction of sp³-hybridized carbons (Fsp3) is 0.714. The fourth-order valence-corrected chi connectivity index (χ4v) is 3.86. The summed E-state index contributed by atoms with van der Waals surface area (Å²) < 4.78 is 11.6. The molecule has 2 aliphatic rings. The molecule has 0 spiro atoms. The van der Waals surface area contributed by atoms with Crippen LogP contribution in [0.2, 0.25) is 0 Å². The molecule has 26 heavy (non-hydrogen) atoms. The van der Waals surface area contributed by atoms with Crippen LogP contribution >= 0.6 is 0 Å². The molecule has 2 heterocycles. The largest absolute Gasteiger partial charge is 0.491 e. The number of rotatable bonds is 8. The lowest BCUT2D eigenvalue weighted by Crippen LogP contribution is -2.50. The van der Waals surface area contributed by atoms with Gasteiger partial charge < -0.3 is 14.6 Å². The zero-order valence-electron chi connectivity index (χ0n) is 16.3. The highest BCUT2D eigenvalue weighted by Gasteiger charge is 2.24. The zero-order chi connectivity index (χ0) is 18.4. The average molecular weight is 363 g/mol. The van der Waals surface area contributed by atoms with Crippen LogP contribution in [0.15, 0.2) is 24.3 Å². The number of hydrogen-bond donors (Lipinski definition) is 1. The number of piperazine rings is 1. The van der Waals surface area contributed by atoms with E-state index in [2.05, 4.69) is 29.7 Å². The van der Waals surface area contributed by atoms with Crippen LogP contribution < -0.4 is 4.74 Å². The number of ether oxygens (including phenoxy) is 2. The van der Waals surface area contributed by atoms with Crippen molar-refractivity contribution in [3.05, 3.63) is 29.8 Å². The standard InChI is InChI=1S/C21H34N2O3/c1-17(2)20-7-3-4-8-21(20)26-16-18(24)14-22-9-11-23(12-10-22)15-19-6-5-13-25-19/h3-4,7-8,17-19,24H,5-6,9-16H2,1-2H3. The maximum absolute atomic E-state index is 10.4. The molecule has 2 fully saturated rings. The Hall–Kier alpha value is -1.14. The maximum Gasteiger partial charge on any atom is 0.122 e. The number of benzene rings is 1. The third kappa shape index (κ3) is 5.68. The molecule has 0 radical (unpaired) electrons. The molecule has 0 aromatic heterocycles. The number of β-amino-alcohol motifs (C(OH)–C–C–N with tert-alkyl or cyclic N) is 1. The second kappa shape index (κ2) is 9.70. The molecule has 2 atom stereocenters. The number of nitrogens with zero attached hydrogens (tertiary/aromatic N) is 2. The third-order valence-electron chi connectivity index (χ3n) is 5.39. The van der Waals surface area contributed by atoms with Crippen LogP contribution in [-0.2, 0) is 4.74 Å². The van der Waals surface area contributed by atoms with E-state index in [1.165, 1.54) is 18.4 Å². The smallest absolute Gasteiger partial charge is 0.122 e. The van der Waals surface area contributed by atoms with Crippen molar-refractivity contribution in [3.8, 4) is 5.75 Å². The molecule has 146 valence electrons. The van der Waals surface area contributed by atoms with Gasteiger partial charge in [0.2, 0.25) is 0 Å². The Morgan fingerprint density at radius 1 is 1.15 bits per heavy atom. The van der Waals surface area contributed by atoms with E-state index in [-0.39, 0.29) is 0 Å². The van der Waals surface area contributed by atoms with Crippen LogP contribution in [0, 0.1) is 0 Å². The van der Waals surface area contributed by atoms with Gasteiger partial charge in [0.05, 0.1) is 6.10 Å². The average Bonchev–Trinajstić information content (AvgIpc) is 3.15. The topological polar surface area (TPSA) is 45.2 Å².